The van der Waals surface area contributed by atoms with Crippen LogP contribution >= 0.6 is 11.3 Å². The molecule has 0 radical (unpaired) electrons. The lowest BCUT2D eigenvalue weighted by atomic mass is 10.2. The SMILES string of the molecule is CNc1nc2sc(OCCCCCO)nc2c2c1ncn2C. The Morgan fingerprint density at radius 3 is 2.91 bits per heavy atom. The third-order valence-corrected chi connectivity index (χ3v) is 4.32. The average Bonchev–Trinajstić information content (AvgIpc) is 3.09. The van der Waals surface area contributed by atoms with Crippen LogP contribution in [0, 0.1) is 0 Å². The van der Waals surface area contributed by atoms with Crippen molar-refractivity contribution in [2.45, 2.75) is 19.3 Å². The summed E-state index contributed by atoms with van der Waals surface area (Å²) < 4.78 is 7.66. The van der Waals surface area contributed by atoms with Crippen LogP contribution in [0.3, 0.4) is 0 Å². The first-order valence-electron chi connectivity index (χ1n) is 7.27. The number of imidazole rings is 1. The van der Waals surface area contributed by atoms with Crippen molar-refractivity contribution in [2.24, 2.45) is 7.05 Å². The van der Waals surface area contributed by atoms with Gasteiger partial charge in [0, 0.05) is 20.7 Å². The summed E-state index contributed by atoms with van der Waals surface area (Å²) in [6.07, 6.45) is 4.44. The highest BCUT2D eigenvalue weighted by molar-refractivity contribution is 7.20. The minimum Gasteiger partial charge on any atom is -0.470 e. The number of aryl methyl sites for hydroxylation is 1. The molecule has 0 bridgehead atoms. The van der Waals surface area contributed by atoms with Gasteiger partial charge in [0.15, 0.2) is 10.6 Å². The molecular weight excluding hydrogens is 302 g/mol. The molecule has 0 aromatic carbocycles. The van der Waals surface area contributed by atoms with E-state index in [0.29, 0.717) is 11.8 Å². The van der Waals surface area contributed by atoms with Gasteiger partial charge in [-0.05, 0) is 19.3 Å². The predicted molar refractivity (Wildman–Crippen MR) is 87.7 cm³/mol. The van der Waals surface area contributed by atoms with Gasteiger partial charge in [-0.25, -0.2) is 9.97 Å². The van der Waals surface area contributed by atoms with Gasteiger partial charge in [0.1, 0.15) is 16.6 Å². The second-order valence-electron chi connectivity index (χ2n) is 5.03. The predicted octanol–water partition coefficient (Wildman–Crippen LogP) is 2.16. The van der Waals surface area contributed by atoms with Gasteiger partial charge in [-0.3, -0.25) is 0 Å². The van der Waals surface area contributed by atoms with Crippen LogP contribution in [0.25, 0.3) is 21.4 Å². The molecule has 3 aromatic heterocycles. The average molecular weight is 321 g/mol. The highest BCUT2D eigenvalue weighted by atomic mass is 32.1. The topological polar surface area (TPSA) is 85.1 Å². The maximum absolute atomic E-state index is 8.76. The fraction of sp³-hybridized carbons (Fsp3) is 0.500. The van der Waals surface area contributed by atoms with Crippen LogP contribution in [-0.4, -0.2) is 44.9 Å². The Hall–Kier alpha value is -1.93. The van der Waals surface area contributed by atoms with Gasteiger partial charge in [-0.15, -0.1) is 0 Å². The lowest BCUT2D eigenvalue weighted by molar-refractivity contribution is 0.266. The fourth-order valence-corrected chi connectivity index (χ4v) is 3.17. The number of ether oxygens (including phenoxy) is 1. The van der Waals surface area contributed by atoms with Crippen LogP contribution in [0.15, 0.2) is 6.33 Å². The monoisotopic (exact) mass is 321 g/mol. The van der Waals surface area contributed by atoms with E-state index in [1.54, 1.807) is 6.33 Å². The smallest absolute Gasteiger partial charge is 0.275 e. The third kappa shape index (κ3) is 2.71. The number of nitrogens with zero attached hydrogens (tertiary/aromatic N) is 4. The van der Waals surface area contributed by atoms with E-state index in [1.165, 1.54) is 11.3 Å². The number of hydrogen-bond acceptors (Lipinski definition) is 7. The Bertz CT molecular complexity index is 782. The van der Waals surface area contributed by atoms with Crippen molar-refractivity contribution in [3.05, 3.63) is 6.33 Å². The van der Waals surface area contributed by atoms with Gasteiger partial charge in [0.05, 0.1) is 12.9 Å². The molecule has 0 fully saturated rings. The molecule has 8 heteroatoms. The van der Waals surface area contributed by atoms with Gasteiger partial charge in [-0.2, -0.15) is 4.98 Å². The third-order valence-electron chi connectivity index (χ3n) is 3.45. The molecule has 0 saturated heterocycles. The van der Waals surface area contributed by atoms with Gasteiger partial charge in [0.25, 0.3) is 5.19 Å². The number of hydrogen-bond donors (Lipinski definition) is 2. The van der Waals surface area contributed by atoms with Crippen molar-refractivity contribution in [3.63, 3.8) is 0 Å². The second kappa shape index (κ2) is 6.45. The number of aromatic nitrogens is 4. The number of fused-ring (bicyclic) bond motifs is 3. The Kier molecular flexibility index (Phi) is 4.39. The molecule has 0 aliphatic heterocycles. The van der Waals surface area contributed by atoms with Crippen LogP contribution in [0.4, 0.5) is 5.82 Å². The number of aliphatic hydroxyl groups excluding tert-OH is 1. The van der Waals surface area contributed by atoms with E-state index in [4.69, 9.17) is 9.84 Å². The number of unbranched alkanes of at least 4 members (excludes halogenated alkanes) is 2. The zero-order valence-electron chi connectivity index (χ0n) is 12.7. The Morgan fingerprint density at radius 2 is 2.14 bits per heavy atom. The molecule has 0 aliphatic carbocycles. The summed E-state index contributed by atoms with van der Waals surface area (Å²) in [6, 6.07) is 0. The number of aliphatic hydroxyl groups is 1. The molecule has 0 unspecified atom stereocenters. The first kappa shape index (κ1) is 15.0. The van der Waals surface area contributed by atoms with Crippen molar-refractivity contribution in [1.82, 2.24) is 19.5 Å². The molecule has 118 valence electrons. The lowest BCUT2D eigenvalue weighted by Gasteiger charge is -2.01. The van der Waals surface area contributed by atoms with Crippen LogP contribution < -0.4 is 10.1 Å². The molecular formula is C14H19N5O2S. The molecule has 0 saturated carbocycles. The van der Waals surface area contributed by atoms with E-state index in [1.807, 2.05) is 18.7 Å². The zero-order chi connectivity index (χ0) is 15.5. The van der Waals surface area contributed by atoms with Crippen LogP contribution in [-0.2, 0) is 7.05 Å². The summed E-state index contributed by atoms with van der Waals surface area (Å²) in [4.78, 5) is 14.4. The molecule has 0 aliphatic rings. The summed E-state index contributed by atoms with van der Waals surface area (Å²) in [5.41, 5.74) is 2.60. The number of thiazole rings is 1. The van der Waals surface area contributed by atoms with Crippen LogP contribution in [0.2, 0.25) is 0 Å². The minimum absolute atomic E-state index is 0.232. The summed E-state index contributed by atoms with van der Waals surface area (Å²) in [6.45, 7) is 0.837. The summed E-state index contributed by atoms with van der Waals surface area (Å²) in [7, 11) is 3.78. The highest BCUT2D eigenvalue weighted by Crippen LogP contribution is 2.33. The Labute approximate surface area is 132 Å². The molecule has 0 atom stereocenters. The maximum Gasteiger partial charge on any atom is 0.275 e. The molecule has 0 spiro atoms. The highest BCUT2D eigenvalue weighted by Gasteiger charge is 2.16. The standard InChI is InChI=1S/C14H19N5O2S/c1-15-12-9-11(19(2)8-16-9)10-13(18-12)22-14(17-10)21-7-5-3-4-6-20/h8,20H,3-7H2,1-2H3,(H,15,18). The summed E-state index contributed by atoms with van der Waals surface area (Å²) >= 11 is 1.44. The molecule has 3 aromatic rings. The minimum atomic E-state index is 0.232. The molecule has 0 amide bonds. The van der Waals surface area contributed by atoms with Crippen LogP contribution in [0.5, 0.6) is 5.19 Å². The normalized spacial score (nSPS) is 11.4. The molecule has 3 rings (SSSR count). The number of nitrogens with one attached hydrogen (secondary N) is 1. The van der Waals surface area contributed by atoms with Gasteiger partial charge in [0.2, 0.25) is 0 Å². The molecule has 2 N–H and O–H groups in total. The second-order valence-corrected chi connectivity index (χ2v) is 5.97. The molecule has 22 heavy (non-hydrogen) atoms. The largest absolute Gasteiger partial charge is 0.470 e. The van der Waals surface area contributed by atoms with E-state index in [0.717, 1.165) is 46.5 Å². The fourth-order valence-electron chi connectivity index (χ4n) is 2.35. The van der Waals surface area contributed by atoms with Gasteiger partial charge < -0.3 is 19.7 Å². The van der Waals surface area contributed by atoms with E-state index < -0.39 is 0 Å². The first-order valence-corrected chi connectivity index (χ1v) is 8.09. The van der Waals surface area contributed by atoms with Crippen molar-refractivity contribution < 1.29 is 9.84 Å². The van der Waals surface area contributed by atoms with Crippen molar-refractivity contribution in [2.75, 3.05) is 25.6 Å². The maximum atomic E-state index is 8.76. The number of pyridine rings is 1. The zero-order valence-corrected chi connectivity index (χ0v) is 13.5. The van der Waals surface area contributed by atoms with Crippen LogP contribution in [0.1, 0.15) is 19.3 Å². The summed E-state index contributed by atoms with van der Waals surface area (Å²) in [5.74, 6) is 0.751. The molecule has 7 nitrogen and oxygen atoms in total. The first-order chi connectivity index (χ1) is 10.7. The Balaban J connectivity index is 1.89. The summed E-state index contributed by atoms with van der Waals surface area (Å²) in [5, 5.41) is 12.5. The van der Waals surface area contributed by atoms with E-state index in [2.05, 4.69) is 20.3 Å². The van der Waals surface area contributed by atoms with Gasteiger partial charge >= 0.3 is 0 Å². The van der Waals surface area contributed by atoms with E-state index >= 15 is 0 Å². The number of anilines is 1. The number of rotatable bonds is 7. The lowest BCUT2D eigenvalue weighted by Crippen LogP contribution is -1.97. The van der Waals surface area contributed by atoms with E-state index in [9.17, 15) is 0 Å². The van der Waals surface area contributed by atoms with Gasteiger partial charge in [-0.1, -0.05) is 11.3 Å². The quantitative estimate of drug-likeness (QED) is 0.649. The Morgan fingerprint density at radius 1 is 1.27 bits per heavy atom. The van der Waals surface area contributed by atoms with Crippen molar-refractivity contribution >= 4 is 38.5 Å². The molecule has 3 heterocycles. The van der Waals surface area contributed by atoms with Crippen molar-refractivity contribution in [3.8, 4) is 5.19 Å². The van der Waals surface area contributed by atoms with E-state index in [-0.39, 0.29) is 6.61 Å². The van der Waals surface area contributed by atoms with Crippen molar-refractivity contribution in [1.29, 1.82) is 0 Å².